The van der Waals surface area contributed by atoms with E-state index < -0.39 is 11.6 Å². The van der Waals surface area contributed by atoms with Gasteiger partial charge in [-0.15, -0.1) is 0 Å². The second kappa shape index (κ2) is 5.56. The van der Waals surface area contributed by atoms with Crippen molar-refractivity contribution in [2.24, 2.45) is 11.7 Å². The molecule has 94 valence electrons. The molecule has 1 aliphatic heterocycles. The summed E-state index contributed by atoms with van der Waals surface area (Å²) in [6.45, 7) is 3.10. The predicted octanol–water partition coefficient (Wildman–Crippen LogP) is 2.14. The topological polar surface area (TPSA) is 29.3 Å². The van der Waals surface area contributed by atoms with E-state index in [2.05, 4.69) is 4.90 Å². The molecule has 0 spiro atoms. The van der Waals surface area contributed by atoms with Crippen LogP contribution in [0.5, 0.6) is 0 Å². The molecule has 0 aromatic heterocycles. The van der Waals surface area contributed by atoms with Crippen LogP contribution in [0.2, 0.25) is 0 Å². The summed E-state index contributed by atoms with van der Waals surface area (Å²) < 4.78 is 26.3. The summed E-state index contributed by atoms with van der Waals surface area (Å²) in [6.07, 6.45) is 2.25. The third-order valence-corrected chi connectivity index (χ3v) is 3.35. The van der Waals surface area contributed by atoms with E-state index in [-0.39, 0.29) is 0 Å². The molecule has 0 radical (unpaired) electrons. The van der Waals surface area contributed by atoms with Crippen LogP contribution in [0.25, 0.3) is 0 Å². The lowest BCUT2D eigenvalue weighted by Gasteiger charge is -2.32. The maximum Gasteiger partial charge on any atom is 0.130 e. The highest BCUT2D eigenvalue weighted by atomic mass is 19.1. The van der Waals surface area contributed by atoms with Crippen LogP contribution in [-0.4, -0.2) is 24.5 Å². The average molecular weight is 240 g/mol. The van der Waals surface area contributed by atoms with Gasteiger partial charge >= 0.3 is 0 Å². The predicted molar refractivity (Wildman–Crippen MR) is 63.4 cm³/mol. The molecule has 0 amide bonds. The molecule has 1 aromatic rings. The van der Waals surface area contributed by atoms with E-state index >= 15 is 0 Å². The Bertz CT molecular complexity index is 382. The van der Waals surface area contributed by atoms with Gasteiger partial charge in [0.1, 0.15) is 11.6 Å². The fraction of sp³-hybridized carbons (Fsp3) is 0.538. The summed E-state index contributed by atoms with van der Waals surface area (Å²) in [5, 5.41) is 0. The average Bonchev–Trinajstić information content (AvgIpc) is 2.33. The van der Waals surface area contributed by atoms with Gasteiger partial charge in [-0.05, 0) is 37.9 Å². The first-order valence-corrected chi connectivity index (χ1v) is 6.05. The maximum absolute atomic E-state index is 13.5. The van der Waals surface area contributed by atoms with Crippen molar-refractivity contribution in [3.05, 3.63) is 35.4 Å². The molecule has 0 saturated carbocycles. The fourth-order valence-corrected chi connectivity index (χ4v) is 2.38. The number of nitrogens with two attached hydrogens (primary N) is 1. The van der Waals surface area contributed by atoms with E-state index in [1.165, 1.54) is 12.1 Å². The highest BCUT2D eigenvalue weighted by molar-refractivity contribution is 5.18. The van der Waals surface area contributed by atoms with Crippen LogP contribution in [0.4, 0.5) is 8.78 Å². The standard InChI is InChI=1S/C13H18F2N2/c14-12-4-3-11(13(15)6-12)9-17-5-1-2-10(7-16)8-17/h3-4,6,10H,1-2,5,7-9,16H2. The van der Waals surface area contributed by atoms with E-state index in [9.17, 15) is 8.78 Å². The van der Waals surface area contributed by atoms with Gasteiger partial charge < -0.3 is 5.73 Å². The molecule has 1 atom stereocenters. The number of halogens is 2. The molecule has 1 unspecified atom stereocenters. The van der Waals surface area contributed by atoms with E-state index in [1.54, 1.807) is 0 Å². The van der Waals surface area contributed by atoms with Crippen LogP contribution >= 0.6 is 0 Å². The van der Waals surface area contributed by atoms with Crippen molar-refractivity contribution < 1.29 is 8.78 Å². The molecule has 2 nitrogen and oxygen atoms in total. The zero-order valence-electron chi connectivity index (χ0n) is 9.83. The second-order valence-electron chi connectivity index (χ2n) is 4.71. The summed E-state index contributed by atoms with van der Waals surface area (Å²) in [7, 11) is 0. The highest BCUT2D eigenvalue weighted by Gasteiger charge is 2.19. The van der Waals surface area contributed by atoms with Gasteiger partial charge in [0.2, 0.25) is 0 Å². The number of piperidine rings is 1. The Hall–Kier alpha value is -1.00. The molecule has 0 aliphatic carbocycles. The molecule has 17 heavy (non-hydrogen) atoms. The van der Waals surface area contributed by atoms with Crippen LogP contribution in [0.1, 0.15) is 18.4 Å². The van der Waals surface area contributed by atoms with Crippen molar-refractivity contribution >= 4 is 0 Å². The highest BCUT2D eigenvalue weighted by Crippen LogP contribution is 2.19. The molecular weight excluding hydrogens is 222 g/mol. The third kappa shape index (κ3) is 3.23. The number of rotatable bonds is 3. The lowest BCUT2D eigenvalue weighted by molar-refractivity contribution is 0.169. The molecule has 4 heteroatoms. The van der Waals surface area contributed by atoms with Gasteiger partial charge in [-0.1, -0.05) is 6.07 Å². The first-order chi connectivity index (χ1) is 8.19. The second-order valence-corrected chi connectivity index (χ2v) is 4.71. The lowest BCUT2D eigenvalue weighted by Crippen LogP contribution is -2.38. The van der Waals surface area contributed by atoms with E-state index in [0.717, 1.165) is 32.0 Å². The summed E-state index contributed by atoms with van der Waals surface area (Å²) in [5.74, 6) is -0.475. The number of nitrogens with zero attached hydrogens (tertiary/aromatic N) is 1. The maximum atomic E-state index is 13.5. The Morgan fingerprint density at radius 2 is 2.18 bits per heavy atom. The molecule has 2 N–H and O–H groups in total. The van der Waals surface area contributed by atoms with E-state index in [4.69, 9.17) is 5.73 Å². The van der Waals surface area contributed by atoms with Crippen molar-refractivity contribution in [1.82, 2.24) is 4.90 Å². The molecule has 2 rings (SSSR count). The van der Waals surface area contributed by atoms with Crippen molar-refractivity contribution in [2.45, 2.75) is 19.4 Å². The van der Waals surface area contributed by atoms with Gasteiger partial charge in [-0.25, -0.2) is 8.78 Å². The van der Waals surface area contributed by atoms with E-state index in [0.29, 0.717) is 24.6 Å². The van der Waals surface area contributed by atoms with Crippen LogP contribution in [0.15, 0.2) is 18.2 Å². The molecule has 1 saturated heterocycles. The van der Waals surface area contributed by atoms with Gasteiger partial charge in [-0.2, -0.15) is 0 Å². The largest absolute Gasteiger partial charge is 0.330 e. The van der Waals surface area contributed by atoms with Gasteiger partial charge in [0.15, 0.2) is 0 Å². The molecular formula is C13H18F2N2. The quantitative estimate of drug-likeness (QED) is 0.877. The van der Waals surface area contributed by atoms with Crippen molar-refractivity contribution in [1.29, 1.82) is 0 Å². The summed E-state index contributed by atoms with van der Waals surface area (Å²) in [6, 6.07) is 3.78. The SMILES string of the molecule is NCC1CCCN(Cc2ccc(F)cc2F)C1. The first-order valence-electron chi connectivity index (χ1n) is 6.05. The summed E-state index contributed by atoms with van der Waals surface area (Å²) in [5.41, 5.74) is 6.22. The molecule has 1 aromatic carbocycles. The Balaban J connectivity index is 2.00. The zero-order valence-corrected chi connectivity index (χ0v) is 9.83. The summed E-state index contributed by atoms with van der Waals surface area (Å²) in [4.78, 5) is 2.19. The zero-order chi connectivity index (χ0) is 12.3. The molecule has 1 fully saturated rings. The van der Waals surface area contributed by atoms with Crippen molar-refractivity contribution in [2.75, 3.05) is 19.6 Å². The minimum absolute atomic E-state index is 0.458. The number of likely N-dealkylation sites (tertiary alicyclic amines) is 1. The number of hydrogen-bond donors (Lipinski definition) is 1. The van der Waals surface area contributed by atoms with Gasteiger partial charge in [0.05, 0.1) is 0 Å². The number of hydrogen-bond acceptors (Lipinski definition) is 2. The Labute approximate surface area is 100 Å². The smallest absolute Gasteiger partial charge is 0.130 e. The minimum Gasteiger partial charge on any atom is -0.330 e. The van der Waals surface area contributed by atoms with Gasteiger partial charge in [-0.3, -0.25) is 4.90 Å². The monoisotopic (exact) mass is 240 g/mol. The Kier molecular flexibility index (Phi) is 4.07. The van der Waals surface area contributed by atoms with Crippen LogP contribution in [0, 0.1) is 17.6 Å². The minimum atomic E-state index is -0.523. The first kappa shape index (κ1) is 12.5. The normalized spacial score (nSPS) is 21.7. The molecule has 1 heterocycles. The van der Waals surface area contributed by atoms with Crippen molar-refractivity contribution in [3.8, 4) is 0 Å². The van der Waals surface area contributed by atoms with Crippen LogP contribution in [0.3, 0.4) is 0 Å². The van der Waals surface area contributed by atoms with Gasteiger partial charge in [0.25, 0.3) is 0 Å². The third-order valence-electron chi connectivity index (χ3n) is 3.35. The Morgan fingerprint density at radius 1 is 1.35 bits per heavy atom. The summed E-state index contributed by atoms with van der Waals surface area (Å²) >= 11 is 0. The lowest BCUT2D eigenvalue weighted by atomic mass is 9.98. The van der Waals surface area contributed by atoms with Crippen LogP contribution in [-0.2, 0) is 6.54 Å². The molecule has 0 bridgehead atoms. The molecule has 1 aliphatic rings. The van der Waals surface area contributed by atoms with Crippen LogP contribution < -0.4 is 5.73 Å². The van der Waals surface area contributed by atoms with Gasteiger partial charge in [0, 0.05) is 24.7 Å². The van der Waals surface area contributed by atoms with Crippen molar-refractivity contribution in [3.63, 3.8) is 0 Å². The fourth-order valence-electron chi connectivity index (χ4n) is 2.38. The number of benzene rings is 1. The van der Waals surface area contributed by atoms with E-state index in [1.807, 2.05) is 0 Å². The Morgan fingerprint density at radius 3 is 2.88 bits per heavy atom.